The summed E-state index contributed by atoms with van der Waals surface area (Å²) >= 11 is 0. The Kier molecular flexibility index (Phi) is 8.67. The number of rotatable bonds is 10. The van der Waals surface area contributed by atoms with Gasteiger partial charge in [0.15, 0.2) is 0 Å². The van der Waals surface area contributed by atoms with Gasteiger partial charge in [-0.05, 0) is 31.9 Å². The molecular weight excluding hydrogens is 256 g/mol. The van der Waals surface area contributed by atoms with Crippen molar-refractivity contribution in [1.29, 1.82) is 0 Å². The van der Waals surface area contributed by atoms with E-state index in [4.69, 9.17) is 14.2 Å². The van der Waals surface area contributed by atoms with Crippen molar-refractivity contribution in [3.05, 3.63) is 30.3 Å². The van der Waals surface area contributed by atoms with Crippen molar-refractivity contribution in [3.8, 4) is 5.75 Å². The summed E-state index contributed by atoms with van der Waals surface area (Å²) in [5, 5.41) is 0. The summed E-state index contributed by atoms with van der Waals surface area (Å²) in [4.78, 5) is 11.5. The van der Waals surface area contributed by atoms with Crippen LogP contribution in [-0.2, 0) is 14.3 Å². The fourth-order valence-electron chi connectivity index (χ4n) is 1.52. The van der Waals surface area contributed by atoms with Crippen molar-refractivity contribution in [1.82, 2.24) is 0 Å². The molecule has 0 radical (unpaired) electrons. The van der Waals surface area contributed by atoms with Crippen LogP contribution in [0.3, 0.4) is 0 Å². The molecule has 1 rings (SSSR count). The van der Waals surface area contributed by atoms with Gasteiger partial charge in [-0.1, -0.05) is 25.1 Å². The van der Waals surface area contributed by atoms with E-state index in [-0.39, 0.29) is 12.1 Å². The molecule has 0 aliphatic carbocycles. The van der Waals surface area contributed by atoms with Gasteiger partial charge in [0.25, 0.3) is 0 Å². The first-order valence-electron chi connectivity index (χ1n) is 7.17. The minimum absolute atomic E-state index is 0.226. The summed E-state index contributed by atoms with van der Waals surface area (Å²) < 4.78 is 16.0. The second-order valence-corrected chi connectivity index (χ2v) is 4.59. The number of carbonyl (C=O) groups excluding carboxylic acids is 1. The summed E-state index contributed by atoms with van der Waals surface area (Å²) in [5.41, 5.74) is 0. The highest BCUT2D eigenvalue weighted by Crippen LogP contribution is 2.09. The molecule has 20 heavy (non-hydrogen) atoms. The normalized spacial score (nSPS) is 12.1. The first kappa shape index (κ1) is 16.7. The van der Waals surface area contributed by atoms with E-state index in [0.717, 1.165) is 6.42 Å². The van der Waals surface area contributed by atoms with Crippen molar-refractivity contribution in [2.75, 3.05) is 19.8 Å². The van der Waals surface area contributed by atoms with Crippen LogP contribution in [-0.4, -0.2) is 31.9 Å². The highest BCUT2D eigenvalue weighted by Gasteiger charge is 2.04. The maximum atomic E-state index is 11.5. The number of hydrogen-bond acceptors (Lipinski definition) is 4. The predicted octanol–water partition coefficient (Wildman–Crippen LogP) is 3.20. The first-order chi connectivity index (χ1) is 9.72. The molecule has 0 aliphatic rings. The van der Waals surface area contributed by atoms with Gasteiger partial charge in [-0.15, -0.1) is 0 Å². The molecule has 4 heteroatoms. The lowest BCUT2D eigenvalue weighted by molar-refractivity contribution is -0.134. The monoisotopic (exact) mass is 280 g/mol. The lowest BCUT2D eigenvalue weighted by atomic mass is 10.3. The van der Waals surface area contributed by atoms with Crippen molar-refractivity contribution >= 4 is 5.97 Å². The molecule has 1 atom stereocenters. The number of para-hydroxylation sites is 1. The minimum atomic E-state index is -0.226. The van der Waals surface area contributed by atoms with Crippen LogP contribution in [0.1, 0.15) is 33.1 Å². The zero-order chi connectivity index (χ0) is 14.6. The summed E-state index contributed by atoms with van der Waals surface area (Å²) in [6, 6.07) is 9.08. The van der Waals surface area contributed by atoms with Crippen LogP contribution in [0.4, 0.5) is 0 Å². The topological polar surface area (TPSA) is 44.8 Å². The van der Waals surface area contributed by atoms with Crippen molar-refractivity contribution in [2.24, 2.45) is 0 Å². The molecule has 0 N–H and O–H groups in total. The molecule has 112 valence electrons. The average Bonchev–Trinajstić information content (AvgIpc) is 2.47. The van der Waals surface area contributed by atoms with Crippen molar-refractivity contribution < 1.29 is 19.0 Å². The fraction of sp³-hybridized carbons (Fsp3) is 0.562. The first-order valence-corrected chi connectivity index (χ1v) is 7.17. The molecule has 1 unspecified atom stereocenters. The molecule has 1 aromatic carbocycles. The smallest absolute Gasteiger partial charge is 0.311 e. The number of carbonyl (C=O) groups is 1. The predicted molar refractivity (Wildman–Crippen MR) is 77.8 cm³/mol. The van der Waals surface area contributed by atoms with Crippen LogP contribution < -0.4 is 4.74 Å². The number of ether oxygens (including phenoxy) is 3. The third-order valence-corrected chi connectivity index (χ3v) is 2.85. The molecule has 0 bridgehead atoms. The van der Waals surface area contributed by atoms with Gasteiger partial charge < -0.3 is 14.2 Å². The van der Waals surface area contributed by atoms with E-state index in [1.165, 1.54) is 0 Å². The zero-order valence-corrected chi connectivity index (χ0v) is 12.3. The van der Waals surface area contributed by atoms with Crippen LogP contribution in [0, 0.1) is 0 Å². The second kappa shape index (κ2) is 10.4. The summed E-state index contributed by atoms with van der Waals surface area (Å²) in [6.07, 6.45) is 2.31. The largest absolute Gasteiger partial charge is 0.427 e. The minimum Gasteiger partial charge on any atom is -0.427 e. The van der Waals surface area contributed by atoms with Crippen LogP contribution in [0.5, 0.6) is 5.75 Å². The molecule has 1 aromatic rings. The van der Waals surface area contributed by atoms with E-state index >= 15 is 0 Å². The standard InChI is InChI=1S/C16H24O4/c1-3-14(2)19-13-12-18-11-7-10-16(17)20-15-8-5-4-6-9-15/h4-6,8-9,14H,3,7,10-13H2,1-2H3. The highest BCUT2D eigenvalue weighted by molar-refractivity contribution is 5.72. The quantitative estimate of drug-likeness (QED) is 0.375. The molecule has 0 fully saturated rings. The van der Waals surface area contributed by atoms with E-state index in [0.29, 0.717) is 38.4 Å². The molecule has 0 aliphatic heterocycles. The van der Waals surface area contributed by atoms with E-state index in [1.54, 1.807) is 12.1 Å². The molecule has 0 spiro atoms. The Bertz CT molecular complexity index is 364. The molecule has 0 heterocycles. The second-order valence-electron chi connectivity index (χ2n) is 4.59. The van der Waals surface area contributed by atoms with Crippen molar-refractivity contribution in [2.45, 2.75) is 39.2 Å². The molecule has 0 saturated carbocycles. The summed E-state index contributed by atoms with van der Waals surface area (Å²) in [7, 11) is 0. The van der Waals surface area contributed by atoms with E-state index in [1.807, 2.05) is 25.1 Å². The SMILES string of the molecule is CCC(C)OCCOCCCC(=O)Oc1ccccc1. The molecule has 4 nitrogen and oxygen atoms in total. The Morgan fingerprint density at radius 1 is 1.15 bits per heavy atom. The number of benzene rings is 1. The molecular formula is C16H24O4. The molecule has 0 saturated heterocycles. The third kappa shape index (κ3) is 7.92. The van der Waals surface area contributed by atoms with Gasteiger partial charge in [-0.2, -0.15) is 0 Å². The Labute approximate surface area is 121 Å². The van der Waals surface area contributed by atoms with E-state index in [2.05, 4.69) is 6.92 Å². The average molecular weight is 280 g/mol. The van der Waals surface area contributed by atoms with Gasteiger partial charge >= 0.3 is 5.97 Å². The molecule has 0 aromatic heterocycles. The van der Waals surface area contributed by atoms with E-state index in [9.17, 15) is 4.79 Å². The van der Waals surface area contributed by atoms with Crippen LogP contribution in [0.15, 0.2) is 30.3 Å². The fourth-order valence-corrected chi connectivity index (χ4v) is 1.52. The Morgan fingerprint density at radius 2 is 1.90 bits per heavy atom. The zero-order valence-electron chi connectivity index (χ0n) is 12.3. The Morgan fingerprint density at radius 3 is 2.60 bits per heavy atom. The van der Waals surface area contributed by atoms with Crippen LogP contribution in [0.25, 0.3) is 0 Å². The van der Waals surface area contributed by atoms with Crippen molar-refractivity contribution in [3.63, 3.8) is 0 Å². The van der Waals surface area contributed by atoms with Gasteiger partial charge in [0.1, 0.15) is 5.75 Å². The Balaban J connectivity index is 1.97. The lowest BCUT2D eigenvalue weighted by Gasteiger charge is -2.10. The summed E-state index contributed by atoms with van der Waals surface area (Å²) in [6.45, 7) is 5.85. The van der Waals surface area contributed by atoms with Gasteiger partial charge in [0.2, 0.25) is 0 Å². The van der Waals surface area contributed by atoms with Crippen LogP contribution >= 0.6 is 0 Å². The van der Waals surface area contributed by atoms with E-state index < -0.39 is 0 Å². The van der Waals surface area contributed by atoms with Gasteiger partial charge in [-0.3, -0.25) is 4.79 Å². The lowest BCUT2D eigenvalue weighted by Crippen LogP contribution is -2.13. The number of hydrogen-bond donors (Lipinski definition) is 0. The van der Waals surface area contributed by atoms with Gasteiger partial charge in [-0.25, -0.2) is 0 Å². The Hall–Kier alpha value is -1.39. The van der Waals surface area contributed by atoms with Crippen LogP contribution in [0.2, 0.25) is 0 Å². The number of esters is 1. The van der Waals surface area contributed by atoms with Gasteiger partial charge in [0.05, 0.1) is 19.3 Å². The summed E-state index contributed by atoms with van der Waals surface area (Å²) in [5.74, 6) is 0.357. The highest BCUT2D eigenvalue weighted by atomic mass is 16.5. The maximum Gasteiger partial charge on any atom is 0.311 e. The maximum absolute atomic E-state index is 11.5. The molecule has 0 amide bonds. The van der Waals surface area contributed by atoms with Gasteiger partial charge in [0, 0.05) is 13.0 Å². The third-order valence-electron chi connectivity index (χ3n) is 2.85.